The molecule has 0 bridgehead atoms. The molecule has 3 rings (SSSR count). The maximum absolute atomic E-state index is 2.67. The highest BCUT2D eigenvalue weighted by atomic mass is 14.6. The molecular weight excluding hydrogens is 384 g/mol. The van der Waals surface area contributed by atoms with E-state index in [9.17, 15) is 0 Å². The van der Waals surface area contributed by atoms with Crippen LogP contribution >= 0.6 is 0 Å². The third-order valence-corrected chi connectivity index (χ3v) is 7.55. The van der Waals surface area contributed by atoms with Crippen LogP contribution in [0, 0.1) is 33.0 Å². The molecule has 0 nitrogen and oxygen atoms in total. The van der Waals surface area contributed by atoms with Gasteiger partial charge in [-0.15, -0.1) is 0 Å². The van der Waals surface area contributed by atoms with E-state index in [0.717, 1.165) is 0 Å². The van der Waals surface area contributed by atoms with Crippen molar-refractivity contribution < 1.29 is 0 Å². The van der Waals surface area contributed by atoms with Crippen LogP contribution in [-0.2, 0) is 0 Å². The second-order valence-electron chi connectivity index (χ2n) is 15.4. The van der Waals surface area contributed by atoms with Gasteiger partial charge in [-0.3, -0.25) is 0 Å². The van der Waals surface area contributed by atoms with Crippen LogP contribution in [-0.4, -0.2) is 0 Å². The molecular formula is C32H52. The van der Waals surface area contributed by atoms with E-state index >= 15 is 0 Å². The molecule has 180 valence electrons. The van der Waals surface area contributed by atoms with Crippen molar-refractivity contribution in [1.82, 2.24) is 0 Å². The van der Waals surface area contributed by atoms with Gasteiger partial charge in [-0.05, 0) is 77.2 Å². The summed E-state index contributed by atoms with van der Waals surface area (Å²) in [6, 6.07) is 0. The lowest BCUT2D eigenvalue weighted by Gasteiger charge is -2.52. The van der Waals surface area contributed by atoms with Gasteiger partial charge in [0.05, 0.1) is 0 Å². The monoisotopic (exact) mass is 436 g/mol. The highest BCUT2D eigenvalue weighted by Gasteiger charge is 2.56. The maximum atomic E-state index is 2.67. The highest BCUT2D eigenvalue weighted by Crippen LogP contribution is 2.67. The molecule has 0 aromatic heterocycles. The van der Waals surface area contributed by atoms with Crippen LogP contribution in [0.3, 0.4) is 0 Å². The van der Waals surface area contributed by atoms with E-state index in [0.29, 0.717) is 5.92 Å². The van der Waals surface area contributed by atoms with Gasteiger partial charge in [0.25, 0.3) is 0 Å². The molecule has 0 saturated heterocycles. The summed E-state index contributed by atoms with van der Waals surface area (Å²) in [4.78, 5) is 0. The van der Waals surface area contributed by atoms with Crippen molar-refractivity contribution in [2.75, 3.05) is 0 Å². The zero-order valence-electron chi connectivity index (χ0n) is 23.6. The fraction of sp³-hybridized carbons (Fsp3) is 0.750. The van der Waals surface area contributed by atoms with Crippen molar-refractivity contribution in [2.45, 2.75) is 122 Å². The summed E-state index contributed by atoms with van der Waals surface area (Å²) in [6.07, 6.45) is 15.5. The number of hydrogen-bond donors (Lipinski definition) is 0. The number of rotatable bonds is 0. The minimum absolute atomic E-state index is 0.217. The molecule has 0 heteroatoms. The first-order valence-electron chi connectivity index (χ1n) is 13.2. The summed E-state index contributed by atoms with van der Waals surface area (Å²) < 4.78 is 0. The Bertz CT molecular complexity index is 821. The average molecular weight is 437 g/mol. The Labute approximate surface area is 200 Å². The molecule has 1 atom stereocenters. The third kappa shape index (κ3) is 5.20. The van der Waals surface area contributed by atoms with Crippen LogP contribution in [0.5, 0.6) is 0 Å². The molecule has 1 fully saturated rings. The van der Waals surface area contributed by atoms with Crippen LogP contribution in [0.15, 0.2) is 46.1 Å². The fourth-order valence-electron chi connectivity index (χ4n) is 7.19. The predicted octanol–water partition coefficient (Wildman–Crippen LogP) is 10.2. The molecule has 0 amide bonds. The molecule has 3 aliphatic rings. The lowest BCUT2D eigenvalue weighted by Crippen LogP contribution is -2.43. The Morgan fingerprint density at radius 2 is 1.06 bits per heavy atom. The van der Waals surface area contributed by atoms with Crippen molar-refractivity contribution in [3.8, 4) is 0 Å². The van der Waals surface area contributed by atoms with E-state index in [1.807, 2.05) is 0 Å². The summed E-state index contributed by atoms with van der Waals surface area (Å²) in [5, 5.41) is 0. The quantitative estimate of drug-likeness (QED) is 0.331. The zero-order valence-corrected chi connectivity index (χ0v) is 23.6. The normalized spacial score (nSPS) is 31.5. The van der Waals surface area contributed by atoms with Gasteiger partial charge in [0, 0.05) is 5.41 Å². The first-order valence-corrected chi connectivity index (χ1v) is 13.2. The Balaban J connectivity index is 2.28. The van der Waals surface area contributed by atoms with Gasteiger partial charge < -0.3 is 0 Å². The smallest absolute Gasteiger partial charge is 0.0195 e. The van der Waals surface area contributed by atoms with E-state index < -0.39 is 0 Å². The molecule has 32 heavy (non-hydrogen) atoms. The van der Waals surface area contributed by atoms with Crippen LogP contribution in [0.25, 0.3) is 0 Å². The summed E-state index contributed by atoms with van der Waals surface area (Å²) in [5.74, 6) is 0.606. The van der Waals surface area contributed by atoms with E-state index in [-0.39, 0.29) is 27.1 Å². The average Bonchev–Trinajstić information content (AvgIpc) is 3.06. The molecule has 0 aromatic rings. The van der Waals surface area contributed by atoms with E-state index in [1.165, 1.54) is 38.5 Å². The molecule has 1 unspecified atom stereocenters. The highest BCUT2D eigenvalue weighted by molar-refractivity contribution is 5.52. The second-order valence-corrected chi connectivity index (χ2v) is 15.4. The van der Waals surface area contributed by atoms with Crippen molar-refractivity contribution >= 4 is 0 Å². The van der Waals surface area contributed by atoms with E-state index in [2.05, 4.69) is 101 Å². The fourth-order valence-corrected chi connectivity index (χ4v) is 7.19. The van der Waals surface area contributed by atoms with Crippen LogP contribution in [0.4, 0.5) is 0 Å². The molecule has 0 aliphatic heterocycles. The van der Waals surface area contributed by atoms with E-state index in [1.54, 1.807) is 27.9 Å². The van der Waals surface area contributed by atoms with Crippen LogP contribution < -0.4 is 0 Å². The lowest BCUT2D eigenvalue weighted by atomic mass is 9.52. The minimum Gasteiger partial charge on any atom is -0.0790 e. The summed E-state index contributed by atoms with van der Waals surface area (Å²) >= 11 is 0. The molecule has 1 spiro atoms. The number of allylic oxidation sites excluding steroid dienone is 8. The SMILES string of the molecule is CC(C)(C)/C=C1\CCC2=C1CCC1(/C(=C/C(C)(C)C)CC/C1=C\C(C)(C)C)C2C(C)(C)C. The van der Waals surface area contributed by atoms with Crippen molar-refractivity contribution in [2.24, 2.45) is 33.0 Å². The van der Waals surface area contributed by atoms with Crippen molar-refractivity contribution in [3.05, 3.63) is 46.1 Å². The van der Waals surface area contributed by atoms with Gasteiger partial charge in [0.1, 0.15) is 0 Å². The van der Waals surface area contributed by atoms with Crippen LogP contribution in [0.1, 0.15) is 122 Å². The van der Waals surface area contributed by atoms with Gasteiger partial charge in [-0.1, -0.05) is 118 Å². The third-order valence-electron chi connectivity index (χ3n) is 7.55. The summed E-state index contributed by atoms with van der Waals surface area (Å²) in [6.45, 7) is 28.9. The standard InChI is InChI=1S/C32H52/c1-28(2,3)19-22-13-16-26-25(22)17-18-32(27(26)31(10,11)12)23(20-29(4,5)6)14-15-24(32)21-30(7,8)9/h19-21,27H,13-18H2,1-12H3/b22-19+,23-20+,24-21+. The zero-order chi connectivity index (χ0) is 24.3. The Kier molecular flexibility index (Phi) is 6.41. The molecule has 0 heterocycles. The Morgan fingerprint density at radius 3 is 1.47 bits per heavy atom. The predicted molar refractivity (Wildman–Crippen MR) is 143 cm³/mol. The molecule has 0 radical (unpaired) electrons. The summed E-state index contributed by atoms with van der Waals surface area (Å²) in [7, 11) is 0. The van der Waals surface area contributed by atoms with Crippen molar-refractivity contribution in [3.63, 3.8) is 0 Å². The van der Waals surface area contributed by atoms with E-state index in [4.69, 9.17) is 0 Å². The minimum atomic E-state index is 0.217. The van der Waals surface area contributed by atoms with Gasteiger partial charge in [-0.25, -0.2) is 0 Å². The van der Waals surface area contributed by atoms with Gasteiger partial charge in [0.2, 0.25) is 0 Å². The lowest BCUT2D eigenvalue weighted by molar-refractivity contribution is 0.132. The summed E-state index contributed by atoms with van der Waals surface area (Å²) in [5.41, 5.74) is 9.88. The molecule has 0 N–H and O–H groups in total. The van der Waals surface area contributed by atoms with Crippen LogP contribution in [0.2, 0.25) is 0 Å². The molecule has 0 aromatic carbocycles. The maximum Gasteiger partial charge on any atom is 0.0195 e. The topological polar surface area (TPSA) is 0 Å². The Hall–Kier alpha value is -1.04. The second kappa shape index (κ2) is 8.02. The molecule has 3 aliphatic carbocycles. The first-order chi connectivity index (χ1) is 14.3. The van der Waals surface area contributed by atoms with Crippen molar-refractivity contribution in [1.29, 1.82) is 0 Å². The first kappa shape index (κ1) is 25.6. The number of hydrogen-bond acceptors (Lipinski definition) is 0. The Morgan fingerprint density at radius 1 is 0.594 bits per heavy atom. The van der Waals surface area contributed by atoms with Gasteiger partial charge >= 0.3 is 0 Å². The largest absolute Gasteiger partial charge is 0.0790 e. The molecule has 1 saturated carbocycles. The van der Waals surface area contributed by atoms with Gasteiger partial charge in [-0.2, -0.15) is 0 Å². The van der Waals surface area contributed by atoms with Gasteiger partial charge in [0.15, 0.2) is 0 Å².